The average Bonchev–Trinajstić information content (AvgIpc) is 2.33. The lowest BCUT2D eigenvalue weighted by atomic mass is 9.92. The minimum Gasteiger partial charge on any atom is -0.319 e. The highest BCUT2D eigenvalue weighted by Gasteiger charge is 2.10. The Balaban J connectivity index is 2.52. The monoisotopic (exact) mass is 233 g/mol. The second kappa shape index (κ2) is 8.30. The molecule has 0 fully saturated rings. The molecule has 1 aromatic carbocycles. The molecule has 0 saturated carbocycles. The topological polar surface area (TPSA) is 12.0 Å². The molecule has 0 saturated heterocycles. The van der Waals surface area contributed by atoms with Crippen LogP contribution in [0.25, 0.3) is 0 Å². The van der Waals surface area contributed by atoms with E-state index in [-0.39, 0.29) is 0 Å². The molecule has 0 radical (unpaired) electrons. The van der Waals surface area contributed by atoms with Crippen LogP contribution >= 0.6 is 0 Å². The fraction of sp³-hybridized carbons (Fsp3) is 0.625. The van der Waals surface area contributed by atoms with Gasteiger partial charge < -0.3 is 5.32 Å². The molecule has 1 atom stereocenters. The zero-order valence-corrected chi connectivity index (χ0v) is 11.6. The molecule has 1 unspecified atom stereocenters. The van der Waals surface area contributed by atoms with E-state index in [0.29, 0.717) is 5.92 Å². The third-order valence-electron chi connectivity index (χ3n) is 3.37. The SMILES string of the molecule is CCCCCCC(CNC)c1cccc(C)c1. The molecule has 0 amide bonds. The van der Waals surface area contributed by atoms with Gasteiger partial charge in [-0.25, -0.2) is 0 Å². The molecule has 0 aliphatic carbocycles. The quantitative estimate of drug-likeness (QED) is 0.661. The number of hydrogen-bond donors (Lipinski definition) is 1. The normalized spacial score (nSPS) is 12.6. The number of likely N-dealkylation sites (N-methyl/N-ethyl adjacent to an activating group) is 1. The standard InChI is InChI=1S/C16H27N/c1-4-5-6-7-10-16(13-17-3)15-11-8-9-14(2)12-15/h8-9,11-12,16-17H,4-7,10,13H2,1-3H3. The van der Waals surface area contributed by atoms with Crippen LogP contribution in [0, 0.1) is 6.92 Å². The highest BCUT2D eigenvalue weighted by atomic mass is 14.8. The van der Waals surface area contributed by atoms with Crippen molar-refractivity contribution >= 4 is 0 Å². The van der Waals surface area contributed by atoms with E-state index in [2.05, 4.69) is 50.5 Å². The molecule has 0 aliphatic rings. The molecule has 1 nitrogen and oxygen atoms in total. The van der Waals surface area contributed by atoms with Crippen molar-refractivity contribution < 1.29 is 0 Å². The first kappa shape index (κ1) is 14.2. The van der Waals surface area contributed by atoms with Crippen LogP contribution in [-0.2, 0) is 0 Å². The summed E-state index contributed by atoms with van der Waals surface area (Å²) in [7, 11) is 2.05. The smallest absolute Gasteiger partial charge is 0.00171 e. The number of unbranched alkanes of at least 4 members (excludes halogenated alkanes) is 3. The summed E-state index contributed by atoms with van der Waals surface area (Å²) in [5, 5.41) is 3.33. The second-order valence-corrected chi connectivity index (χ2v) is 5.02. The van der Waals surface area contributed by atoms with E-state index in [1.165, 1.54) is 43.2 Å². The van der Waals surface area contributed by atoms with E-state index >= 15 is 0 Å². The van der Waals surface area contributed by atoms with E-state index in [9.17, 15) is 0 Å². The number of hydrogen-bond acceptors (Lipinski definition) is 1. The van der Waals surface area contributed by atoms with Crippen molar-refractivity contribution in [1.29, 1.82) is 0 Å². The van der Waals surface area contributed by atoms with Gasteiger partial charge in [0.05, 0.1) is 0 Å². The van der Waals surface area contributed by atoms with Crippen molar-refractivity contribution in [3.8, 4) is 0 Å². The Bertz CT molecular complexity index is 306. The maximum Gasteiger partial charge on any atom is 0.00171 e. The second-order valence-electron chi connectivity index (χ2n) is 5.02. The summed E-state index contributed by atoms with van der Waals surface area (Å²) in [6.45, 7) is 5.54. The number of benzene rings is 1. The van der Waals surface area contributed by atoms with Crippen molar-refractivity contribution in [3.63, 3.8) is 0 Å². The van der Waals surface area contributed by atoms with E-state index in [0.717, 1.165) is 6.54 Å². The average molecular weight is 233 g/mol. The van der Waals surface area contributed by atoms with Gasteiger partial charge >= 0.3 is 0 Å². The van der Waals surface area contributed by atoms with Gasteiger partial charge in [-0.1, -0.05) is 62.4 Å². The van der Waals surface area contributed by atoms with Gasteiger partial charge in [0.2, 0.25) is 0 Å². The lowest BCUT2D eigenvalue weighted by molar-refractivity contribution is 0.533. The summed E-state index contributed by atoms with van der Waals surface area (Å²) >= 11 is 0. The van der Waals surface area contributed by atoms with Gasteiger partial charge in [-0.15, -0.1) is 0 Å². The molecule has 1 aromatic rings. The third-order valence-corrected chi connectivity index (χ3v) is 3.37. The van der Waals surface area contributed by atoms with Crippen molar-refractivity contribution in [3.05, 3.63) is 35.4 Å². The van der Waals surface area contributed by atoms with Gasteiger partial charge in [-0.2, -0.15) is 0 Å². The Morgan fingerprint density at radius 3 is 2.65 bits per heavy atom. The zero-order valence-electron chi connectivity index (χ0n) is 11.6. The zero-order chi connectivity index (χ0) is 12.5. The minimum absolute atomic E-state index is 0.678. The summed E-state index contributed by atoms with van der Waals surface area (Å²) in [6.07, 6.45) is 6.74. The van der Waals surface area contributed by atoms with Crippen LogP contribution in [0.15, 0.2) is 24.3 Å². The van der Waals surface area contributed by atoms with Crippen LogP contribution in [-0.4, -0.2) is 13.6 Å². The molecule has 0 heterocycles. The van der Waals surface area contributed by atoms with Gasteiger partial charge in [-0.3, -0.25) is 0 Å². The number of nitrogens with one attached hydrogen (secondary N) is 1. The number of rotatable bonds is 8. The molecule has 1 N–H and O–H groups in total. The lowest BCUT2D eigenvalue weighted by Crippen LogP contribution is -2.17. The summed E-state index contributed by atoms with van der Waals surface area (Å²) in [4.78, 5) is 0. The van der Waals surface area contributed by atoms with E-state index in [4.69, 9.17) is 0 Å². The third kappa shape index (κ3) is 5.36. The molecule has 0 aromatic heterocycles. The summed E-state index contributed by atoms with van der Waals surface area (Å²) in [5.41, 5.74) is 2.87. The van der Waals surface area contributed by atoms with Crippen molar-refractivity contribution in [2.75, 3.05) is 13.6 Å². The van der Waals surface area contributed by atoms with Crippen LogP contribution in [0.5, 0.6) is 0 Å². The molecular formula is C16H27N. The molecule has 1 heteroatoms. The molecule has 0 spiro atoms. The summed E-state index contributed by atoms with van der Waals surface area (Å²) in [6, 6.07) is 8.97. The van der Waals surface area contributed by atoms with Gasteiger partial charge in [0, 0.05) is 6.54 Å². The van der Waals surface area contributed by atoms with Crippen molar-refractivity contribution in [1.82, 2.24) is 5.32 Å². The Morgan fingerprint density at radius 2 is 2.00 bits per heavy atom. The molecule has 0 aliphatic heterocycles. The van der Waals surface area contributed by atoms with Gasteiger partial charge in [-0.05, 0) is 31.9 Å². The Hall–Kier alpha value is -0.820. The van der Waals surface area contributed by atoms with Crippen LogP contribution in [0.2, 0.25) is 0 Å². The molecular weight excluding hydrogens is 206 g/mol. The molecule has 1 rings (SSSR count). The number of aryl methyl sites for hydroxylation is 1. The van der Waals surface area contributed by atoms with Crippen LogP contribution < -0.4 is 5.32 Å². The first-order chi connectivity index (χ1) is 8.27. The lowest BCUT2D eigenvalue weighted by Gasteiger charge is -2.17. The first-order valence-electron chi connectivity index (χ1n) is 6.99. The maximum atomic E-state index is 3.33. The Labute approximate surface area is 107 Å². The van der Waals surface area contributed by atoms with E-state index in [1.807, 2.05) is 0 Å². The van der Waals surface area contributed by atoms with Crippen LogP contribution in [0.4, 0.5) is 0 Å². The molecule has 0 bridgehead atoms. The largest absolute Gasteiger partial charge is 0.319 e. The van der Waals surface area contributed by atoms with Crippen LogP contribution in [0.3, 0.4) is 0 Å². The van der Waals surface area contributed by atoms with Gasteiger partial charge in [0.25, 0.3) is 0 Å². The maximum absolute atomic E-state index is 3.33. The minimum atomic E-state index is 0.678. The van der Waals surface area contributed by atoms with Crippen LogP contribution in [0.1, 0.15) is 56.1 Å². The van der Waals surface area contributed by atoms with E-state index < -0.39 is 0 Å². The highest BCUT2D eigenvalue weighted by Crippen LogP contribution is 2.22. The van der Waals surface area contributed by atoms with Gasteiger partial charge in [0.15, 0.2) is 0 Å². The fourth-order valence-electron chi connectivity index (χ4n) is 2.37. The van der Waals surface area contributed by atoms with Crippen molar-refractivity contribution in [2.45, 2.75) is 51.9 Å². The fourth-order valence-corrected chi connectivity index (χ4v) is 2.37. The predicted octanol–water partition coefficient (Wildman–Crippen LogP) is 4.27. The first-order valence-corrected chi connectivity index (χ1v) is 6.99. The Morgan fingerprint density at radius 1 is 1.18 bits per heavy atom. The van der Waals surface area contributed by atoms with Crippen molar-refractivity contribution in [2.24, 2.45) is 0 Å². The van der Waals surface area contributed by atoms with E-state index in [1.54, 1.807) is 0 Å². The molecule has 96 valence electrons. The highest BCUT2D eigenvalue weighted by molar-refractivity contribution is 5.25. The summed E-state index contributed by atoms with van der Waals surface area (Å²) < 4.78 is 0. The van der Waals surface area contributed by atoms with Gasteiger partial charge in [0.1, 0.15) is 0 Å². The molecule has 17 heavy (non-hydrogen) atoms. The summed E-state index contributed by atoms with van der Waals surface area (Å²) in [5.74, 6) is 0.678. The predicted molar refractivity (Wildman–Crippen MR) is 76.6 cm³/mol. The Kier molecular flexibility index (Phi) is 6.95.